The maximum atomic E-state index is 12.2. The number of hydrogen-bond donors (Lipinski definition) is 2. The topological polar surface area (TPSA) is 58.2 Å². The number of amides is 2. The number of piperazine rings is 1. The number of aryl methyl sites for hydroxylation is 2. The zero-order valence-electron chi connectivity index (χ0n) is 12.5. The molecule has 4 nitrogen and oxygen atoms in total. The Morgan fingerprint density at radius 3 is 2.20 bits per heavy atom. The molecule has 1 aliphatic heterocycles. The van der Waals surface area contributed by atoms with Crippen LogP contribution in [0.5, 0.6) is 0 Å². The summed E-state index contributed by atoms with van der Waals surface area (Å²) in [6, 6.07) is 5.17. The predicted octanol–water partition coefficient (Wildman–Crippen LogP) is 1.49. The van der Waals surface area contributed by atoms with E-state index in [0.717, 1.165) is 16.7 Å². The number of carbonyl (C=O) groups is 2. The first-order chi connectivity index (χ1) is 9.40. The molecule has 0 saturated carbocycles. The number of carbonyl (C=O) groups excluding carboxylic acids is 2. The lowest BCUT2D eigenvalue weighted by atomic mass is 9.93. The molecule has 2 rings (SSSR count). The first kappa shape index (κ1) is 14.6. The van der Waals surface area contributed by atoms with Crippen LogP contribution in [0.2, 0.25) is 0 Å². The monoisotopic (exact) mass is 274 g/mol. The maximum absolute atomic E-state index is 12.2. The highest BCUT2D eigenvalue weighted by molar-refractivity contribution is 5.97. The molecule has 1 saturated heterocycles. The minimum Gasteiger partial charge on any atom is -0.342 e. The van der Waals surface area contributed by atoms with Gasteiger partial charge in [-0.1, -0.05) is 32.0 Å². The highest BCUT2D eigenvalue weighted by Crippen LogP contribution is 2.17. The lowest BCUT2D eigenvalue weighted by molar-refractivity contribution is -0.137. The van der Waals surface area contributed by atoms with E-state index in [9.17, 15) is 9.59 Å². The zero-order valence-corrected chi connectivity index (χ0v) is 12.5. The van der Waals surface area contributed by atoms with Crippen LogP contribution in [0.4, 0.5) is 0 Å². The first-order valence-electron chi connectivity index (χ1n) is 7.06. The third kappa shape index (κ3) is 2.84. The van der Waals surface area contributed by atoms with Crippen molar-refractivity contribution in [2.45, 2.75) is 46.2 Å². The molecule has 0 aromatic heterocycles. The van der Waals surface area contributed by atoms with E-state index in [4.69, 9.17) is 0 Å². The third-order valence-corrected chi connectivity index (χ3v) is 3.93. The summed E-state index contributed by atoms with van der Waals surface area (Å²) in [5, 5.41) is 5.67. The van der Waals surface area contributed by atoms with Crippen molar-refractivity contribution >= 4 is 11.8 Å². The second-order valence-corrected chi connectivity index (χ2v) is 5.87. The highest BCUT2D eigenvalue weighted by atomic mass is 16.2. The number of rotatable bonds is 3. The molecule has 2 N–H and O–H groups in total. The van der Waals surface area contributed by atoms with Crippen LogP contribution in [-0.2, 0) is 16.0 Å². The standard InChI is InChI=1S/C16H22N2O2/c1-9(2)14-16(20)17-13(15(19)18-14)8-12-10(3)6-5-7-11(12)4/h5-7,9,13-14H,8H2,1-4H3,(H,17,20)(H,18,19)/t13-,14-/m0/s1. The molecule has 1 aromatic carbocycles. The molecule has 0 unspecified atom stereocenters. The summed E-state index contributed by atoms with van der Waals surface area (Å²) in [5.41, 5.74) is 3.44. The van der Waals surface area contributed by atoms with Crippen molar-refractivity contribution < 1.29 is 9.59 Å². The average molecular weight is 274 g/mol. The second kappa shape index (κ2) is 5.65. The van der Waals surface area contributed by atoms with Crippen molar-refractivity contribution in [1.29, 1.82) is 0 Å². The van der Waals surface area contributed by atoms with Gasteiger partial charge >= 0.3 is 0 Å². The van der Waals surface area contributed by atoms with Crippen molar-refractivity contribution in [3.63, 3.8) is 0 Å². The van der Waals surface area contributed by atoms with Crippen molar-refractivity contribution in [2.24, 2.45) is 5.92 Å². The molecule has 1 aliphatic rings. The van der Waals surface area contributed by atoms with E-state index in [1.807, 2.05) is 45.9 Å². The van der Waals surface area contributed by atoms with Gasteiger partial charge in [-0.15, -0.1) is 0 Å². The van der Waals surface area contributed by atoms with E-state index in [1.165, 1.54) is 0 Å². The SMILES string of the molecule is Cc1cccc(C)c1C[C@@H]1NC(=O)[C@H](C(C)C)NC1=O. The molecule has 1 aromatic rings. The van der Waals surface area contributed by atoms with Gasteiger partial charge in [0.15, 0.2) is 0 Å². The summed E-state index contributed by atoms with van der Waals surface area (Å²) in [4.78, 5) is 24.2. The van der Waals surface area contributed by atoms with Gasteiger partial charge in [-0.05, 0) is 36.5 Å². The highest BCUT2D eigenvalue weighted by Gasteiger charge is 2.35. The van der Waals surface area contributed by atoms with E-state index >= 15 is 0 Å². The molecular formula is C16H22N2O2. The number of benzene rings is 1. The molecular weight excluding hydrogens is 252 g/mol. The quantitative estimate of drug-likeness (QED) is 0.877. The summed E-state index contributed by atoms with van der Waals surface area (Å²) in [6.07, 6.45) is 0.543. The molecule has 108 valence electrons. The van der Waals surface area contributed by atoms with Crippen molar-refractivity contribution in [2.75, 3.05) is 0 Å². The van der Waals surface area contributed by atoms with E-state index in [1.54, 1.807) is 0 Å². The van der Waals surface area contributed by atoms with Crippen LogP contribution in [0, 0.1) is 19.8 Å². The van der Waals surface area contributed by atoms with Crippen LogP contribution >= 0.6 is 0 Å². The molecule has 0 bridgehead atoms. The van der Waals surface area contributed by atoms with Crippen LogP contribution in [0.25, 0.3) is 0 Å². The van der Waals surface area contributed by atoms with Gasteiger partial charge in [-0.2, -0.15) is 0 Å². The molecule has 4 heteroatoms. The van der Waals surface area contributed by atoms with Crippen molar-refractivity contribution in [1.82, 2.24) is 10.6 Å². The summed E-state index contributed by atoms with van der Waals surface area (Å²) >= 11 is 0. The lowest BCUT2D eigenvalue weighted by Crippen LogP contribution is -2.63. The predicted molar refractivity (Wildman–Crippen MR) is 78.3 cm³/mol. The van der Waals surface area contributed by atoms with Gasteiger partial charge in [-0.25, -0.2) is 0 Å². The van der Waals surface area contributed by atoms with E-state index in [2.05, 4.69) is 10.6 Å². The first-order valence-corrected chi connectivity index (χ1v) is 7.06. The fourth-order valence-corrected chi connectivity index (χ4v) is 2.63. The number of hydrogen-bond acceptors (Lipinski definition) is 2. The Morgan fingerprint density at radius 1 is 1.05 bits per heavy atom. The van der Waals surface area contributed by atoms with Crippen LogP contribution in [0.3, 0.4) is 0 Å². The second-order valence-electron chi connectivity index (χ2n) is 5.87. The zero-order chi connectivity index (χ0) is 14.9. The van der Waals surface area contributed by atoms with Gasteiger partial charge in [0.25, 0.3) is 0 Å². The molecule has 20 heavy (non-hydrogen) atoms. The Balaban J connectivity index is 2.15. The minimum absolute atomic E-state index is 0.0872. The fraction of sp³-hybridized carbons (Fsp3) is 0.500. The van der Waals surface area contributed by atoms with E-state index in [-0.39, 0.29) is 17.7 Å². The van der Waals surface area contributed by atoms with Crippen LogP contribution in [0.1, 0.15) is 30.5 Å². The summed E-state index contributed by atoms with van der Waals surface area (Å²) in [7, 11) is 0. The normalized spacial score (nSPS) is 22.6. The van der Waals surface area contributed by atoms with Gasteiger partial charge in [0.1, 0.15) is 12.1 Å². The molecule has 0 aliphatic carbocycles. The molecule has 2 atom stereocenters. The summed E-state index contributed by atoms with van der Waals surface area (Å²) in [6.45, 7) is 7.91. The van der Waals surface area contributed by atoms with Crippen LogP contribution in [0.15, 0.2) is 18.2 Å². The molecule has 0 spiro atoms. The van der Waals surface area contributed by atoms with Crippen LogP contribution in [-0.4, -0.2) is 23.9 Å². The van der Waals surface area contributed by atoms with Crippen LogP contribution < -0.4 is 10.6 Å². The Labute approximate surface area is 119 Å². The van der Waals surface area contributed by atoms with Gasteiger partial charge in [0, 0.05) is 6.42 Å². The molecule has 1 heterocycles. The Kier molecular flexibility index (Phi) is 4.12. The maximum Gasteiger partial charge on any atom is 0.243 e. The third-order valence-electron chi connectivity index (χ3n) is 3.93. The van der Waals surface area contributed by atoms with Crippen molar-refractivity contribution in [3.05, 3.63) is 34.9 Å². The van der Waals surface area contributed by atoms with Gasteiger partial charge in [0.05, 0.1) is 0 Å². The summed E-state index contributed by atoms with van der Waals surface area (Å²) in [5.74, 6) is -0.0816. The lowest BCUT2D eigenvalue weighted by Gasteiger charge is -2.32. The molecule has 0 radical (unpaired) electrons. The number of nitrogens with one attached hydrogen (secondary N) is 2. The van der Waals surface area contributed by atoms with E-state index in [0.29, 0.717) is 6.42 Å². The average Bonchev–Trinajstić information content (AvgIpc) is 2.37. The Hall–Kier alpha value is -1.84. The molecule has 2 amide bonds. The Bertz CT molecular complexity index is 517. The largest absolute Gasteiger partial charge is 0.342 e. The minimum atomic E-state index is -0.475. The van der Waals surface area contributed by atoms with Gasteiger partial charge in [0.2, 0.25) is 11.8 Å². The van der Waals surface area contributed by atoms with Gasteiger partial charge in [-0.3, -0.25) is 9.59 Å². The van der Waals surface area contributed by atoms with E-state index < -0.39 is 12.1 Å². The fourth-order valence-electron chi connectivity index (χ4n) is 2.63. The smallest absolute Gasteiger partial charge is 0.243 e. The summed E-state index contributed by atoms with van der Waals surface area (Å²) < 4.78 is 0. The van der Waals surface area contributed by atoms with Gasteiger partial charge < -0.3 is 10.6 Å². The van der Waals surface area contributed by atoms with Crippen molar-refractivity contribution in [3.8, 4) is 0 Å². The Morgan fingerprint density at radius 2 is 1.65 bits per heavy atom. The molecule has 1 fully saturated rings.